The minimum Gasteiger partial charge on any atom is -0.464 e. The van der Waals surface area contributed by atoms with Gasteiger partial charge in [-0.05, 0) is 122 Å². The number of ketones is 1. The number of fused-ring (bicyclic) bond motifs is 4. The lowest BCUT2D eigenvalue weighted by Crippen LogP contribution is -2.21. The molecule has 0 saturated heterocycles. The van der Waals surface area contributed by atoms with Gasteiger partial charge in [-0.2, -0.15) is 0 Å². The third kappa shape index (κ3) is 17.0. The average molecular weight is 1640 g/mol. The Morgan fingerprint density at radius 1 is 0.311 bits per heavy atom. The minimum atomic E-state index is -0.622. The number of ether oxygens (including phenoxy) is 3. The number of benzene rings is 8. The van der Waals surface area contributed by atoms with Crippen LogP contribution in [-0.2, 0) is 42.4 Å². The number of Topliss-reactive ketones (excluding diaryl/α,β-unsaturated/α-hetero) is 1. The molecule has 0 aliphatic rings. The first-order valence-electron chi connectivity index (χ1n) is 40.1. The number of aromatic nitrogens is 16. The molecule has 122 heavy (non-hydrogen) atoms. The van der Waals surface area contributed by atoms with Crippen LogP contribution in [0.1, 0.15) is 139 Å². The second-order valence-corrected chi connectivity index (χ2v) is 29.8. The number of methoxy groups -OCH3 is 1. The van der Waals surface area contributed by atoms with Gasteiger partial charge in [0.05, 0.1) is 43.1 Å². The largest absolute Gasteiger partial charge is 0.464 e. The summed E-state index contributed by atoms with van der Waals surface area (Å²) in [5, 5.41) is 0. The van der Waals surface area contributed by atoms with E-state index in [1.807, 2.05) is 263 Å². The van der Waals surface area contributed by atoms with Crippen LogP contribution in [0.15, 0.2) is 213 Å². The van der Waals surface area contributed by atoms with Gasteiger partial charge in [-0.3, -0.25) is 23.1 Å². The van der Waals surface area contributed by atoms with Gasteiger partial charge < -0.3 is 14.2 Å². The number of imidazole rings is 4. The summed E-state index contributed by atoms with van der Waals surface area (Å²) in [5.41, 5.74) is 16.5. The quantitative estimate of drug-likeness (QED) is 0.0314. The first-order valence-corrected chi connectivity index (χ1v) is 40.1. The van der Waals surface area contributed by atoms with Crippen molar-refractivity contribution in [2.24, 2.45) is 28.2 Å². The van der Waals surface area contributed by atoms with Crippen molar-refractivity contribution in [1.82, 2.24) is 76.4 Å². The standard InChI is InChI=1S/C25H26N4O3.C25H26N4O2.C23H22N4O3.C22H20N4O3/c1-5-6-15-32-24(30)20-21-23(27-22(26-20)18-13-11-16(2)12-14-18)29(25(31)28(21)4)19-10-8-7-9-17(19)3;1-5-6-11-20(30)21-22-24(27-23(26-21)18-14-12-16(2)13-15-18)29(25(31)28(22)4)19-10-8-7-9-17(19)3;1-5-30-22(28)18-19-21(25-20(24-18)16-12-10-14(2)11-13-16)27(23(29)26(19)4)17-9-7-6-8-15(17)3;1-13-9-11-15(12-10-13)19-23-17(21(27)29-4)18-20(24-19)26(22(28)25(18)3)16-8-6-5-7-14(16)2/h7-14H,5-6,15H2,1-4H3;7-10,12-15H,5-6,11H2,1-4H3;6-13H,5H2,1-4H3;5-12H,1-4H3. The Labute approximate surface area is 702 Å². The van der Waals surface area contributed by atoms with Crippen molar-refractivity contribution in [2.75, 3.05) is 20.3 Å². The number of carbonyl (C=O) groups excluding carboxylic acids is 4. The predicted molar refractivity (Wildman–Crippen MR) is 472 cm³/mol. The zero-order valence-electron chi connectivity index (χ0n) is 71.1. The molecule has 0 aliphatic heterocycles. The Balaban J connectivity index is 0.000000140. The summed E-state index contributed by atoms with van der Waals surface area (Å²) in [7, 11) is 7.79. The summed E-state index contributed by atoms with van der Waals surface area (Å²) in [6.07, 6.45) is 3.74. The van der Waals surface area contributed by atoms with Crippen LogP contribution < -0.4 is 22.8 Å². The van der Waals surface area contributed by atoms with Gasteiger partial charge in [0.25, 0.3) is 0 Å². The lowest BCUT2D eigenvalue weighted by molar-refractivity contribution is 0.0491. The van der Waals surface area contributed by atoms with Crippen molar-refractivity contribution in [3.05, 3.63) is 303 Å². The van der Waals surface area contributed by atoms with E-state index in [0.29, 0.717) is 104 Å². The Morgan fingerprint density at radius 2 is 0.566 bits per heavy atom. The van der Waals surface area contributed by atoms with E-state index in [1.54, 1.807) is 39.7 Å². The van der Waals surface area contributed by atoms with Crippen molar-refractivity contribution < 1.29 is 33.4 Å². The molecule has 0 unspecified atom stereocenters. The van der Waals surface area contributed by atoms with Crippen LogP contribution in [0.4, 0.5) is 0 Å². The first-order chi connectivity index (χ1) is 58.7. The fourth-order valence-electron chi connectivity index (χ4n) is 14.2. The average Bonchev–Trinajstić information content (AvgIpc) is 1.60. The highest BCUT2D eigenvalue weighted by molar-refractivity contribution is 6.05. The fraction of sp³-hybridized carbons (Fsp3) is 0.242. The normalized spacial score (nSPS) is 11.1. The topological polar surface area (TPSA) is 307 Å². The Morgan fingerprint density at radius 3 is 0.828 bits per heavy atom. The van der Waals surface area contributed by atoms with Gasteiger partial charge in [0.1, 0.15) is 27.8 Å². The number of unbranched alkanes of at least 4 members (excludes halogenated alkanes) is 2. The minimum absolute atomic E-state index is 0.0556. The highest BCUT2D eigenvalue weighted by Crippen LogP contribution is 2.32. The van der Waals surface area contributed by atoms with Gasteiger partial charge in [0.15, 0.2) is 68.8 Å². The zero-order valence-corrected chi connectivity index (χ0v) is 71.1. The van der Waals surface area contributed by atoms with E-state index in [9.17, 15) is 38.4 Å². The molecular weight excluding hydrogens is 1540 g/mol. The monoisotopic (exact) mass is 1630 g/mol. The molecule has 0 N–H and O–H groups in total. The molecule has 620 valence electrons. The summed E-state index contributed by atoms with van der Waals surface area (Å²) in [6, 6.07) is 61.3. The third-order valence-corrected chi connectivity index (χ3v) is 21.0. The summed E-state index contributed by atoms with van der Waals surface area (Å²) >= 11 is 0. The van der Waals surface area contributed by atoms with Crippen LogP contribution in [0.3, 0.4) is 0 Å². The molecule has 0 atom stereocenters. The summed E-state index contributed by atoms with van der Waals surface area (Å²) in [5.74, 6) is -0.312. The van der Waals surface area contributed by atoms with Crippen molar-refractivity contribution in [3.63, 3.8) is 0 Å². The van der Waals surface area contributed by atoms with Crippen molar-refractivity contribution in [2.45, 2.75) is 108 Å². The summed E-state index contributed by atoms with van der Waals surface area (Å²) in [6.45, 7) is 22.0. The number of esters is 3. The second-order valence-electron chi connectivity index (χ2n) is 29.8. The molecule has 8 aromatic carbocycles. The van der Waals surface area contributed by atoms with E-state index >= 15 is 0 Å². The molecule has 8 aromatic heterocycles. The molecule has 0 radical (unpaired) electrons. The van der Waals surface area contributed by atoms with E-state index in [-0.39, 0.29) is 52.2 Å². The number of hydrogen-bond donors (Lipinski definition) is 0. The van der Waals surface area contributed by atoms with E-state index in [1.165, 1.54) is 39.1 Å². The Bertz CT molecular complexity index is 6960. The molecule has 16 rings (SSSR count). The van der Waals surface area contributed by atoms with Crippen molar-refractivity contribution in [3.8, 4) is 68.3 Å². The van der Waals surface area contributed by atoms with E-state index in [4.69, 9.17) is 29.2 Å². The van der Waals surface area contributed by atoms with Gasteiger partial charge in [-0.15, -0.1) is 0 Å². The highest BCUT2D eigenvalue weighted by Gasteiger charge is 2.31. The van der Waals surface area contributed by atoms with Crippen LogP contribution in [-0.4, -0.2) is 120 Å². The summed E-state index contributed by atoms with van der Waals surface area (Å²) in [4.78, 5) is 141. The molecule has 0 saturated carbocycles. The highest BCUT2D eigenvalue weighted by atomic mass is 16.5. The maximum absolute atomic E-state index is 13.3. The molecule has 27 nitrogen and oxygen atoms in total. The Hall–Kier alpha value is -14.8. The molecule has 0 amide bonds. The number of para-hydroxylation sites is 4. The van der Waals surface area contributed by atoms with Crippen molar-refractivity contribution in [1.29, 1.82) is 0 Å². The third-order valence-electron chi connectivity index (χ3n) is 21.0. The molecule has 27 heteroatoms. The first kappa shape index (κ1) is 85.1. The fourth-order valence-corrected chi connectivity index (χ4v) is 14.2. The number of carbonyl (C=O) groups is 4. The number of hydrogen-bond acceptors (Lipinski definition) is 19. The molecule has 8 heterocycles. The van der Waals surface area contributed by atoms with Crippen LogP contribution in [0.5, 0.6) is 0 Å². The van der Waals surface area contributed by atoms with Crippen LogP contribution in [0.25, 0.3) is 113 Å². The lowest BCUT2D eigenvalue weighted by atomic mass is 10.1. The van der Waals surface area contributed by atoms with Gasteiger partial charge in [-0.1, -0.05) is 219 Å². The van der Waals surface area contributed by atoms with E-state index in [2.05, 4.69) is 24.9 Å². The van der Waals surface area contributed by atoms with Gasteiger partial charge in [-0.25, -0.2) is 91.7 Å². The lowest BCUT2D eigenvalue weighted by Gasteiger charge is -2.10. The molecule has 0 aliphatic carbocycles. The SMILES string of the molecule is CCCCC(=O)c1nc(-c2ccc(C)cc2)nc2c1n(C)c(=O)n2-c1ccccc1C.CCCCOC(=O)c1nc(-c2ccc(C)cc2)nc2c1n(C)c(=O)n2-c1ccccc1C.CCOC(=O)c1nc(-c2ccc(C)cc2)nc2c1n(C)c(=O)n2-c1ccccc1C.COC(=O)c1nc(-c2ccc(C)cc2)nc2c1n(C)c(=O)n2-c1ccccc1C. The smallest absolute Gasteiger partial charge is 0.359 e. The van der Waals surface area contributed by atoms with Gasteiger partial charge in [0.2, 0.25) is 0 Å². The number of aryl methyl sites for hydroxylation is 12. The Kier molecular flexibility index (Phi) is 25.6. The molecule has 0 bridgehead atoms. The number of nitrogens with zero attached hydrogens (tertiary/aromatic N) is 16. The van der Waals surface area contributed by atoms with E-state index < -0.39 is 17.9 Å². The van der Waals surface area contributed by atoms with Gasteiger partial charge in [0, 0.05) is 56.9 Å². The van der Waals surface area contributed by atoms with Crippen LogP contribution in [0, 0.1) is 55.4 Å². The van der Waals surface area contributed by atoms with Crippen molar-refractivity contribution >= 4 is 68.3 Å². The maximum atomic E-state index is 13.3. The second kappa shape index (κ2) is 36.6. The van der Waals surface area contributed by atoms with Gasteiger partial charge >= 0.3 is 40.7 Å². The maximum Gasteiger partial charge on any atom is 0.359 e. The molecule has 16 aromatic rings. The number of rotatable bonds is 19. The molecule has 0 spiro atoms. The van der Waals surface area contributed by atoms with E-state index in [0.717, 1.165) is 98.1 Å². The van der Waals surface area contributed by atoms with Crippen LogP contribution >= 0.6 is 0 Å². The predicted octanol–water partition coefficient (Wildman–Crippen LogP) is 15.9. The zero-order chi connectivity index (χ0) is 87.1. The molecule has 0 fully saturated rings. The molecular formula is C95H94N16O11. The van der Waals surface area contributed by atoms with Crippen LogP contribution in [0.2, 0.25) is 0 Å². The summed E-state index contributed by atoms with van der Waals surface area (Å²) < 4.78 is 27.5.